The minimum absolute atomic E-state index is 0.0254. The Morgan fingerprint density at radius 3 is 2.74 bits per heavy atom. The molecule has 0 bridgehead atoms. The molecule has 1 saturated carbocycles. The molecule has 0 unspecified atom stereocenters. The zero-order chi connectivity index (χ0) is 24.2. The van der Waals surface area contributed by atoms with Gasteiger partial charge in [0.25, 0.3) is 5.91 Å². The smallest absolute Gasteiger partial charge is 0.253 e. The third kappa shape index (κ3) is 3.96. The number of amides is 1. The van der Waals surface area contributed by atoms with E-state index in [1.807, 2.05) is 18.2 Å². The van der Waals surface area contributed by atoms with Crippen molar-refractivity contribution in [3.63, 3.8) is 0 Å². The van der Waals surface area contributed by atoms with Crippen LogP contribution in [0.3, 0.4) is 0 Å². The summed E-state index contributed by atoms with van der Waals surface area (Å²) in [4.78, 5) is 24.7. The molecule has 3 aromatic rings. The molecule has 1 aromatic heterocycles. The molecule has 0 radical (unpaired) electrons. The molecule has 1 spiro atoms. The molecule has 3 heterocycles. The molecule has 7 heteroatoms. The van der Waals surface area contributed by atoms with Crippen molar-refractivity contribution in [2.24, 2.45) is 4.99 Å². The second-order valence-corrected chi connectivity index (χ2v) is 10.4. The van der Waals surface area contributed by atoms with Crippen LogP contribution in [0.15, 0.2) is 65.8 Å². The van der Waals surface area contributed by atoms with Crippen LogP contribution in [0.5, 0.6) is 0 Å². The van der Waals surface area contributed by atoms with Crippen LogP contribution in [0.1, 0.15) is 49.7 Å². The molecule has 178 valence electrons. The minimum Gasteiger partial charge on any atom is -0.384 e. The van der Waals surface area contributed by atoms with E-state index in [0.717, 1.165) is 34.8 Å². The number of piperidine rings is 1. The predicted molar refractivity (Wildman–Crippen MR) is 141 cm³/mol. The topological polar surface area (TPSA) is 83.6 Å². The second kappa shape index (κ2) is 8.38. The average molecular weight is 486 g/mol. The summed E-state index contributed by atoms with van der Waals surface area (Å²) in [7, 11) is 0. The summed E-state index contributed by atoms with van der Waals surface area (Å²) in [6, 6.07) is 18.6. The van der Waals surface area contributed by atoms with Gasteiger partial charge in [0.2, 0.25) is 0 Å². The lowest BCUT2D eigenvalue weighted by molar-refractivity contribution is -0.124. The monoisotopic (exact) mass is 485 g/mol. The van der Waals surface area contributed by atoms with E-state index in [0.29, 0.717) is 29.6 Å². The Labute approximate surface area is 210 Å². The van der Waals surface area contributed by atoms with E-state index < -0.39 is 5.54 Å². The number of anilines is 2. The number of hydrogen-bond donors (Lipinski definition) is 2. The molecule has 6 rings (SSSR count). The number of rotatable bonds is 4. The third-order valence-corrected chi connectivity index (χ3v) is 7.81. The number of carbonyl (C=O) groups excluding carboxylic acids is 1. The fraction of sp³-hybridized carbons (Fsp3) is 0.321. The number of aromatic nitrogens is 1. The van der Waals surface area contributed by atoms with Crippen molar-refractivity contribution in [1.82, 2.24) is 10.3 Å². The van der Waals surface area contributed by atoms with Crippen molar-refractivity contribution in [2.45, 2.75) is 50.1 Å². The van der Waals surface area contributed by atoms with Gasteiger partial charge < -0.3 is 16.0 Å². The number of carbonyl (C=O) groups is 1. The van der Waals surface area contributed by atoms with Crippen molar-refractivity contribution in [1.29, 1.82) is 0 Å². The third-order valence-electron chi connectivity index (χ3n) is 7.51. The molecule has 2 atom stereocenters. The largest absolute Gasteiger partial charge is 0.384 e. The fourth-order valence-corrected chi connectivity index (χ4v) is 5.77. The van der Waals surface area contributed by atoms with E-state index in [-0.39, 0.29) is 11.9 Å². The zero-order valence-corrected chi connectivity index (χ0v) is 20.4. The van der Waals surface area contributed by atoms with Gasteiger partial charge in [-0.1, -0.05) is 48.0 Å². The molecule has 1 amide bonds. The highest BCUT2D eigenvalue weighted by Crippen LogP contribution is 2.43. The van der Waals surface area contributed by atoms with Crippen LogP contribution in [0.4, 0.5) is 11.5 Å². The summed E-state index contributed by atoms with van der Waals surface area (Å²) >= 11 is 6.40. The van der Waals surface area contributed by atoms with Crippen LogP contribution in [0, 0.1) is 0 Å². The van der Waals surface area contributed by atoms with Gasteiger partial charge in [-0.2, -0.15) is 0 Å². The van der Waals surface area contributed by atoms with E-state index in [1.54, 1.807) is 12.3 Å². The summed E-state index contributed by atoms with van der Waals surface area (Å²) in [5, 5.41) is 3.70. The maximum absolute atomic E-state index is 13.3. The molecule has 6 nitrogen and oxygen atoms in total. The van der Waals surface area contributed by atoms with Gasteiger partial charge in [0.05, 0.1) is 5.02 Å². The summed E-state index contributed by atoms with van der Waals surface area (Å²) in [6.07, 6.45) is 5.35. The van der Waals surface area contributed by atoms with Crippen molar-refractivity contribution < 1.29 is 4.79 Å². The first-order valence-electron chi connectivity index (χ1n) is 12.2. The van der Waals surface area contributed by atoms with E-state index >= 15 is 0 Å². The number of nitrogens with one attached hydrogen (secondary N) is 1. The van der Waals surface area contributed by atoms with Gasteiger partial charge in [-0.05, 0) is 61.4 Å². The molecular weight excluding hydrogens is 458 g/mol. The first kappa shape index (κ1) is 22.1. The van der Waals surface area contributed by atoms with E-state index in [1.165, 1.54) is 18.4 Å². The summed E-state index contributed by atoms with van der Waals surface area (Å²) < 4.78 is 0. The Hall–Kier alpha value is -3.38. The quantitative estimate of drug-likeness (QED) is 0.534. The Morgan fingerprint density at radius 1 is 1.11 bits per heavy atom. The molecule has 3 N–H and O–H groups in total. The molecule has 3 aliphatic rings. The first-order chi connectivity index (χ1) is 16.9. The Kier molecular flexibility index (Phi) is 5.29. The van der Waals surface area contributed by atoms with Crippen LogP contribution in [-0.2, 0) is 4.79 Å². The number of nitrogens with zero attached hydrogens (tertiary/aromatic N) is 3. The van der Waals surface area contributed by atoms with Crippen molar-refractivity contribution in [2.75, 3.05) is 17.2 Å². The molecule has 1 saturated heterocycles. The summed E-state index contributed by atoms with van der Waals surface area (Å²) in [5.74, 6) is 1.80. The number of nitrogen functional groups attached to an aromatic ring is 1. The Bertz CT molecular complexity index is 1350. The minimum atomic E-state index is -0.706. The lowest BCUT2D eigenvalue weighted by atomic mass is 9.83. The molecular formula is C28H28ClN5O. The van der Waals surface area contributed by atoms with Crippen LogP contribution >= 0.6 is 11.6 Å². The Morgan fingerprint density at radius 2 is 1.94 bits per heavy atom. The van der Waals surface area contributed by atoms with Gasteiger partial charge >= 0.3 is 0 Å². The van der Waals surface area contributed by atoms with Crippen molar-refractivity contribution >= 4 is 34.8 Å². The average Bonchev–Trinajstić information content (AvgIpc) is 3.66. The SMILES string of the molecule is C[C@H]1C[C@@]2(CCN1c1cccc(-c3cc(N)ncc3Cl)c1)N=C(c1ccccc1C1CC1)NC2=O. The maximum atomic E-state index is 13.3. The molecule has 2 fully saturated rings. The summed E-state index contributed by atoms with van der Waals surface area (Å²) in [5.41, 5.74) is 10.5. The molecule has 35 heavy (non-hydrogen) atoms. The second-order valence-electron chi connectivity index (χ2n) is 9.94. The first-order valence-corrected chi connectivity index (χ1v) is 12.6. The van der Waals surface area contributed by atoms with Gasteiger partial charge in [-0.15, -0.1) is 0 Å². The van der Waals surface area contributed by atoms with E-state index in [4.69, 9.17) is 22.3 Å². The number of nitrogens with two attached hydrogens (primary N) is 1. The van der Waals surface area contributed by atoms with Crippen LogP contribution in [0.2, 0.25) is 5.02 Å². The standard InChI is InChI=1S/C28H28ClN5O/c1-17-15-28(27(35)32-26(33-28)22-8-3-2-7-21(22)18-9-10-18)11-12-34(17)20-6-4-5-19(13-20)23-14-25(30)31-16-24(23)29/h2-8,13-14,16-18H,9-12,15H2,1H3,(H2,30,31)(H,32,33,35)/t17-,28+/m0/s1. The zero-order valence-electron chi connectivity index (χ0n) is 19.7. The number of aliphatic imine (C=N–C) groups is 1. The fourth-order valence-electron chi connectivity index (χ4n) is 5.55. The van der Waals surface area contributed by atoms with Gasteiger partial charge in [0.1, 0.15) is 17.2 Å². The number of pyridine rings is 1. The maximum Gasteiger partial charge on any atom is 0.253 e. The van der Waals surface area contributed by atoms with Gasteiger partial charge in [-0.3, -0.25) is 9.79 Å². The van der Waals surface area contributed by atoms with Crippen LogP contribution in [-0.4, -0.2) is 34.9 Å². The molecule has 1 aliphatic carbocycles. The highest BCUT2D eigenvalue weighted by Gasteiger charge is 2.48. The highest BCUT2D eigenvalue weighted by molar-refractivity contribution is 6.33. The predicted octanol–water partition coefficient (Wildman–Crippen LogP) is 5.17. The lowest BCUT2D eigenvalue weighted by Crippen LogP contribution is -2.53. The van der Waals surface area contributed by atoms with E-state index in [9.17, 15) is 4.79 Å². The normalized spacial score (nSPS) is 23.9. The molecule has 2 aliphatic heterocycles. The van der Waals surface area contributed by atoms with Crippen molar-refractivity contribution in [3.8, 4) is 11.1 Å². The highest BCUT2D eigenvalue weighted by atomic mass is 35.5. The van der Waals surface area contributed by atoms with Gasteiger partial charge in [0.15, 0.2) is 0 Å². The lowest BCUT2D eigenvalue weighted by Gasteiger charge is -2.42. The van der Waals surface area contributed by atoms with Crippen LogP contribution < -0.4 is 16.0 Å². The summed E-state index contributed by atoms with van der Waals surface area (Å²) in [6.45, 7) is 2.91. The Balaban J connectivity index is 1.26. The number of benzene rings is 2. The van der Waals surface area contributed by atoms with Gasteiger partial charge in [0, 0.05) is 42.0 Å². The number of halogens is 1. The van der Waals surface area contributed by atoms with E-state index in [2.05, 4.69) is 52.5 Å². The number of hydrogen-bond acceptors (Lipinski definition) is 5. The van der Waals surface area contributed by atoms with Crippen LogP contribution in [0.25, 0.3) is 11.1 Å². The van der Waals surface area contributed by atoms with Gasteiger partial charge in [-0.25, -0.2) is 4.98 Å². The number of amidine groups is 1. The van der Waals surface area contributed by atoms with Crippen molar-refractivity contribution in [3.05, 3.63) is 76.9 Å². The molecule has 2 aromatic carbocycles.